The van der Waals surface area contributed by atoms with Crippen LogP contribution >= 0.6 is 0 Å². The van der Waals surface area contributed by atoms with Gasteiger partial charge < -0.3 is 9.84 Å². The molecule has 1 rings (SSSR count). The summed E-state index contributed by atoms with van der Waals surface area (Å²) in [5, 5.41) is 11.6. The Kier molecular flexibility index (Phi) is 4.61. The fourth-order valence-electron chi connectivity index (χ4n) is 1.26. The number of aliphatic hydroxyl groups excluding tert-OH is 1. The molecule has 0 aromatic carbocycles. The highest BCUT2D eigenvalue weighted by atomic mass is 16.6. The molecule has 1 heterocycles. The lowest BCUT2D eigenvalue weighted by Gasteiger charge is -2.19. The highest BCUT2D eigenvalue weighted by Gasteiger charge is 2.16. The molecule has 18 heavy (non-hydrogen) atoms. The fraction of sp³-hybridized carbons (Fsp3) is 0.583. The Hall–Kier alpha value is -1.69. The lowest BCUT2D eigenvalue weighted by Crippen LogP contribution is -2.27. The van der Waals surface area contributed by atoms with E-state index in [-0.39, 0.29) is 5.95 Å². The van der Waals surface area contributed by atoms with Crippen molar-refractivity contribution >= 4 is 12.0 Å². The van der Waals surface area contributed by atoms with Crippen LogP contribution in [0.15, 0.2) is 12.4 Å². The number of rotatable bonds is 3. The van der Waals surface area contributed by atoms with Crippen LogP contribution in [0.2, 0.25) is 0 Å². The number of aromatic nitrogens is 2. The van der Waals surface area contributed by atoms with Crippen LogP contribution in [0.5, 0.6) is 0 Å². The second-order valence-corrected chi connectivity index (χ2v) is 5.09. The normalized spacial score (nSPS) is 12.9. The molecular formula is C12H19N3O3. The van der Waals surface area contributed by atoms with E-state index in [1.165, 1.54) is 0 Å². The van der Waals surface area contributed by atoms with Gasteiger partial charge >= 0.3 is 6.09 Å². The third-order valence-corrected chi connectivity index (χ3v) is 1.85. The predicted molar refractivity (Wildman–Crippen MR) is 67.3 cm³/mol. The third-order valence-electron chi connectivity index (χ3n) is 1.85. The van der Waals surface area contributed by atoms with E-state index in [4.69, 9.17) is 4.74 Å². The van der Waals surface area contributed by atoms with Crippen LogP contribution in [0, 0.1) is 0 Å². The van der Waals surface area contributed by atoms with Crippen LogP contribution in [-0.4, -0.2) is 32.9 Å². The van der Waals surface area contributed by atoms with E-state index in [0.29, 0.717) is 6.42 Å². The smallest absolute Gasteiger partial charge is 0.414 e. The van der Waals surface area contributed by atoms with Crippen molar-refractivity contribution in [2.45, 2.75) is 45.8 Å². The van der Waals surface area contributed by atoms with Gasteiger partial charge in [-0.15, -0.1) is 0 Å². The average molecular weight is 253 g/mol. The van der Waals surface area contributed by atoms with Gasteiger partial charge in [0.05, 0.1) is 6.10 Å². The summed E-state index contributed by atoms with van der Waals surface area (Å²) in [5.41, 5.74) is 0.246. The van der Waals surface area contributed by atoms with Gasteiger partial charge in [-0.25, -0.2) is 14.8 Å². The lowest BCUT2D eigenvalue weighted by molar-refractivity contribution is 0.0634. The molecule has 6 heteroatoms. The third kappa shape index (κ3) is 5.58. The first-order valence-electron chi connectivity index (χ1n) is 5.75. The molecule has 0 radical (unpaired) electrons. The molecule has 0 bridgehead atoms. The van der Waals surface area contributed by atoms with E-state index in [1.807, 2.05) is 0 Å². The van der Waals surface area contributed by atoms with Crippen LogP contribution in [0.3, 0.4) is 0 Å². The van der Waals surface area contributed by atoms with Crippen molar-refractivity contribution < 1.29 is 14.6 Å². The van der Waals surface area contributed by atoms with E-state index in [1.54, 1.807) is 40.1 Å². The number of carbonyl (C=O) groups excluding carboxylic acids is 1. The molecule has 0 aliphatic heterocycles. The first kappa shape index (κ1) is 14.4. The molecule has 1 amide bonds. The van der Waals surface area contributed by atoms with Gasteiger partial charge in [-0.2, -0.15) is 0 Å². The number of ether oxygens (including phenoxy) is 1. The number of amides is 1. The van der Waals surface area contributed by atoms with Gasteiger partial charge in [0.25, 0.3) is 0 Å². The fourth-order valence-corrected chi connectivity index (χ4v) is 1.26. The van der Waals surface area contributed by atoms with Gasteiger partial charge in [-0.1, -0.05) is 0 Å². The molecule has 2 N–H and O–H groups in total. The largest absolute Gasteiger partial charge is 0.444 e. The number of nitrogens with zero attached hydrogens (tertiary/aromatic N) is 2. The van der Waals surface area contributed by atoms with E-state index in [2.05, 4.69) is 15.3 Å². The molecule has 6 nitrogen and oxygen atoms in total. The second kappa shape index (κ2) is 5.77. The van der Waals surface area contributed by atoms with Crippen molar-refractivity contribution in [2.75, 3.05) is 5.32 Å². The molecule has 0 aliphatic carbocycles. The second-order valence-electron chi connectivity index (χ2n) is 5.09. The van der Waals surface area contributed by atoms with E-state index >= 15 is 0 Å². The molecule has 1 atom stereocenters. The molecule has 0 aliphatic rings. The number of aliphatic hydroxyl groups is 1. The van der Waals surface area contributed by atoms with Gasteiger partial charge in [-0.3, -0.25) is 5.32 Å². The molecule has 1 aromatic heterocycles. The quantitative estimate of drug-likeness (QED) is 0.857. The minimum Gasteiger partial charge on any atom is -0.444 e. The maximum atomic E-state index is 11.4. The van der Waals surface area contributed by atoms with Gasteiger partial charge in [0, 0.05) is 18.8 Å². The van der Waals surface area contributed by atoms with E-state index < -0.39 is 17.8 Å². The summed E-state index contributed by atoms with van der Waals surface area (Å²) in [5.74, 6) is 0.179. The minimum atomic E-state index is -0.592. The molecular weight excluding hydrogens is 234 g/mol. The predicted octanol–water partition coefficient (Wildman–Crippen LogP) is 1.75. The van der Waals surface area contributed by atoms with Crippen LogP contribution in [0.4, 0.5) is 10.7 Å². The average Bonchev–Trinajstić information content (AvgIpc) is 2.17. The van der Waals surface area contributed by atoms with Crippen LogP contribution in [0.25, 0.3) is 0 Å². The molecule has 1 aromatic rings. The van der Waals surface area contributed by atoms with Crippen molar-refractivity contribution in [1.29, 1.82) is 0 Å². The Balaban J connectivity index is 2.56. The van der Waals surface area contributed by atoms with Gasteiger partial charge in [0.2, 0.25) is 5.95 Å². The zero-order valence-electron chi connectivity index (χ0n) is 11.1. The Labute approximate surface area is 106 Å². The summed E-state index contributed by atoms with van der Waals surface area (Å²) >= 11 is 0. The topological polar surface area (TPSA) is 84.3 Å². The molecule has 0 fully saturated rings. The summed E-state index contributed by atoms with van der Waals surface area (Å²) in [6.07, 6.45) is 2.56. The first-order chi connectivity index (χ1) is 8.26. The van der Waals surface area contributed by atoms with Crippen molar-refractivity contribution in [1.82, 2.24) is 9.97 Å². The zero-order valence-corrected chi connectivity index (χ0v) is 11.1. The molecule has 0 saturated heterocycles. The number of carbonyl (C=O) groups is 1. The Morgan fingerprint density at radius 1 is 1.44 bits per heavy atom. The summed E-state index contributed by atoms with van der Waals surface area (Å²) in [6, 6.07) is 0. The van der Waals surface area contributed by atoms with Crippen molar-refractivity contribution in [3.63, 3.8) is 0 Å². The van der Waals surface area contributed by atoms with Crippen molar-refractivity contribution in [2.24, 2.45) is 0 Å². The summed E-state index contributed by atoms with van der Waals surface area (Å²) in [6.45, 7) is 7.02. The Morgan fingerprint density at radius 3 is 2.44 bits per heavy atom. The SMILES string of the molecule is CC(O)Cc1cnc(NC(=O)OC(C)(C)C)nc1. The van der Waals surface area contributed by atoms with Crippen LogP contribution in [-0.2, 0) is 11.2 Å². The maximum Gasteiger partial charge on any atom is 0.414 e. The standard InChI is InChI=1S/C12H19N3O3/c1-8(16)5-9-6-13-10(14-7-9)15-11(17)18-12(2,3)4/h6-8,16H,5H2,1-4H3,(H,13,14,15,17). The highest BCUT2D eigenvalue weighted by Crippen LogP contribution is 2.09. The monoisotopic (exact) mass is 253 g/mol. The number of hydrogen-bond acceptors (Lipinski definition) is 5. The summed E-state index contributed by atoms with van der Waals surface area (Å²) < 4.78 is 5.07. The van der Waals surface area contributed by atoms with Gasteiger partial charge in [-0.05, 0) is 33.3 Å². The van der Waals surface area contributed by atoms with E-state index in [0.717, 1.165) is 5.56 Å². The molecule has 100 valence electrons. The highest BCUT2D eigenvalue weighted by molar-refractivity contribution is 5.82. The van der Waals surface area contributed by atoms with Crippen molar-refractivity contribution in [3.05, 3.63) is 18.0 Å². The molecule has 0 spiro atoms. The molecule has 0 saturated carbocycles. The lowest BCUT2D eigenvalue weighted by atomic mass is 10.2. The van der Waals surface area contributed by atoms with Crippen LogP contribution in [0.1, 0.15) is 33.3 Å². The summed E-state index contributed by atoms with van der Waals surface area (Å²) in [4.78, 5) is 19.4. The minimum absolute atomic E-state index is 0.179. The van der Waals surface area contributed by atoms with Gasteiger partial charge in [0.15, 0.2) is 0 Å². The number of hydrogen-bond donors (Lipinski definition) is 2. The van der Waals surface area contributed by atoms with E-state index in [9.17, 15) is 9.90 Å². The van der Waals surface area contributed by atoms with Crippen molar-refractivity contribution in [3.8, 4) is 0 Å². The Morgan fingerprint density at radius 2 is 2.00 bits per heavy atom. The number of nitrogens with one attached hydrogen (secondary N) is 1. The van der Waals surface area contributed by atoms with Gasteiger partial charge in [0.1, 0.15) is 5.60 Å². The zero-order chi connectivity index (χ0) is 13.8. The summed E-state index contributed by atoms with van der Waals surface area (Å²) in [7, 11) is 0. The van der Waals surface area contributed by atoms with Crippen LogP contribution < -0.4 is 5.32 Å². The Bertz CT molecular complexity index is 396. The number of anilines is 1. The maximum absolute atomic E-state index is 11.4. The molecule has 1 unspecified atom stereocenters. The first-order valence-corrected chi connectivity index (χ1v) is 5.75.